The topological polar surface area (TPSA) is 25.8 Å². The van der Waals surface area contributed by atoms with E-state index in [0.717, 1.165) is 6.42 Å². The van der Waals surface area contributed by atoms with Gasteiger partial charge >= 0.3 is 0 Å². The molecule has 0 amide bonds. The Morgan fingerprint density at radius 3 is 2.31 bits per heavy atom. The molecule has 1 heterocycles. The maximum atomic E-state index is 4.07. The molecule has 72 valence electrons. The summed E-state index contributed by atoms with van der Waals surface area (Å²) in [6, 6.07) is 0. The first-order valence-corrected chi connectivity index (χ1v) is 4.98. The van der Waals surface area contributed by atoms with Crippen molar-refractivity contribution in [1.82, 2.24) is 9.97 Å². The van der Waals surface area contributed by atoms with Crippen LogP contribution in [0.5, 0.6) is 0 Å². The lowest BCUT2D eigenvalue weighted by Gasteiger charge is -2.27. The third kappa shape index (κ3) is 2.27. The van der Waals surface area contributed by atoms with Crippen LogP contribution in [0.4, 0.5) is 0 Å². The standard InChI is InChI=1S/C11H18N2/c1-4-6-11(3,5-2)10-7-12-9-13-8-10/h7-9H,4-6H2,1-3H3. The molecule has 0 saturated heterocycles. The Balaban J connectivity index is 2.89. The summed E-state index contributed by atoms with van der Waals surface area (Å²) in [5.74, 6) is 0. The van der Waals surface area contributed by atoms with Crippen molar-refractivity contribution in [2.24, 2.45) is 0 Å². The van der Waals surface area contributed by atoms with E-state index in [2.05, 4.69) is 30.7 Å². The summed E-state index contributed by atoms with van der Waals surface area (Å²) in [5.41, 5.74) is 1.52. The predicted octanol–water partition coefficient (Wildman–Crippen LogP) is 2.94. The lowest BCUT2D eigenvalue weighted by atomic mass is 9.78. The Kier molecular flexibility index (Phi) is 3.40. The highest BCUT2D eigenvalue weighted by atomic mass is 14.8. The largest absolute Gasteiger partial charge is 0.245 e. The summed E-state index contributed by atoms with van der Waals surface area (Å²) in [6.07, 6.45) is 9.02. The van der Waals surface area contributed by atoms with Gasteiger partial charge in [-0.15, -0.1) is 0 Å². The molecule has 1 atom stereocenters. The van der Waals surface area contributed by atoms with Crippen LogP contribution in [-0.4, -0.2) is 9.97 Å². The first kappa shape index (κ1) is 10.2. The van der Waals surface area contributed by atoms with Crippen LogP contribution in [0.2, 0.25) is 0 Å². The molecule has 0 aliphatic rings. The van der Waals surface area contributed by atoms with Crippen molar-refractivity contribution in [3.05, 3.63) is 24.3 Å². The zero-order valence-electron chi connectivity index (χ0n) is 8.75. The average molecular weight is 178 g/mol. The zero-order valence-corrected chi connectivity index (χ0v) is 8.75. The second-order valence-corrected chi connectivity index (χ2v) is 3.79. The smallest absolute Gasteiger partial charge is 0.115 e. The first-order chi connectivity index (χ1) is 6.23. The summed E-state index contributed by atoms with van der Waals surface area (Å²) in [4.78, 5) is 8.14. The molecular formula is C11H18N2. The van der Waals surface area contributed by atoms with Crippen molar-refractivity contribution in [2.45, 2.75) is 45.4 Å². The van der Waals surface area contributed by atoms with E-state index in [1.165, 1.54) is 18.4 Å². The predicted molar refractivity (Wildman–Crippen MR) is 54.6 cm³/mol. The molecule has 0 bridgehead atoms. The molecule has 0 radical (unpaired) electrons. The van der Waals surface area contributed by atoms with E-state index in [4.69, 9.17) is 0 Å². The third-order valence-electron chi connectivity index (χ3n) is 2.84. The molecule has 1 aromatic rings. The maximum absolute atomic E-state index is 4.07. The van der Waals surface area contributed by atoms with Gasteiger partial charge in [-0.2, -0.15) is 0 Å². The van der Waals surface area contributed by atoms with Crippen molar-refractivity contribution in [1.29, 1.82) is 0 Å². The van der Waals surface area contributed by atoms with Crippen LogP contribution in [0.1, 0.15) is 45.6 Å². The van der Waals surface area contributed by atoms with Gasteiger partial charge < -0.3 is 0 Å². The highest BCUT2D eigenvalue weighted by Crippen LogP contribution is 2.31. The molecule has 1 rings (SSSR count). The molecule has 0 aliphatic carbocycles. The molecule has 1 unspecified atom stereocenters. The van der Waals surface area contributed by atoms with Crippen molar-refractivity contribution in [2.75, 3.05) is 0 Å². The molecule has 0 saturated carbocycles. The summed E-state index contributed by atoms with van der Waals surface area (Å²) in [7, 11) is 0. The van der Waals surface area contributed by atoms with Gasteiger partial charge in [-0.25, -0.2) is 9.97 Å². The van der Waals surface area contributed by atoms with Crippen LogP contribution in [0.25, 0.3) is 0 Å². The molecule has 13 heavy (non-hydrogen) atoms. The van der Waals surface area contributed by atoms with Crippen LogP contribution in [0, 0.1) is 0 Å². The Morgan fingerprint density at radius 1 is 1.23 bits per heavy atom. The number of rotatable bonds is 4. The third-order valence-corrected chi connectivity index (χ3v) is 2.84. The van der Waals surface area contributed by atoms with Crippen LogP contribution in [-0.2, 0) is 5.41 Å². The highest BCUT2D eigenvalue weighted by Gasteiger charge is 2.23. The minimum absolute atomic E-state index is 0.260. The van der Waals surface area contributed by atoms with Crippen LogP contribution in [0.3, 0.4) is 0 Å². The van der Waals surface area contributed by atoms with E-state index in [-0.39, 0.29) is 5.41 Å². The summed E-state index contributed by atoms with van der Waals surface area (Å²) >= 11 is 0. The monoisotopic (exact) mass is 178 g/mol. The fourth-order valence-electron chi connectivity index (χ4n) is 1.69. The van der Waals surface area contributed by atoms with Crippen molar-refractivity contribution < 1.29 is 0 Å². The molecule has 0 spiro atoms. The number of hydrogen-bond donors (Lipinski definition) is 0. The van der Waals surface area contributed by atoms with Crippen molar-refractivity contribution >= 4 is 0 Å². The van der Waals surface area contributed by atoms with E-state index >= 15 is 0 Å². The van der Waals surface area contributed by atoms with Gasteiger partial charge in [0.15, 0.2) is 0 Å². The minimum Gasteiger partial charge on any atom is -0.245 e. The molecule has 2 nitrogen and oxygen atoms in total. The molecule has 0 aliphatic heterocycles. The van der Waals surface area contributed by atoms with Crippen LogP contribution < -0.4 is 0 Å². The van der Waals surface area contributed by atoms with E-state index in [1.807, 2.05) is 12.4 Å². The van der Waals surface area contributed by atoms with E-state index in [9.17, 15) is 0 Å². The van der Waals surface area contributed by atoms with Gasteiger partial charge in [-0.1, -0.05) is 27.2 Å². The fourth-order valence-corrected chi connectivity index (χ4v) is 1.69. The molecule has 0 N–H and O–H groups in total. The van der Waals surface area contributed by atoms with Gasteiger partial charge in [0, 0.05) is 12.4 Å². The molecule has 0 aromatic carbocycles. The quantitative estimate of drug-likeness (QED) is 0.708. The van der Waals surface area contributed by atoms with Gasteiger partial charge in [0.1, 0.15) is 6.33 Å². The Labute approximate surface area is 80.4 Å². The summed E-state index contributed by atoms with van der Waals surface area (Å²) in [6.45, 7) is 6.73. The minimum atomic E-state index is 0.260. The SMILES string of the molecule is CCCC(C)(CC)c1cncnc1. The average Bonchev–Trinajstić information content (AvgIpc) is 2.19. The number of aromatic nitrogens is 2. The van der Waals surface area contributed by atoms with E-state index in [1.54, 1.807) is 6.33 Å². The van der Waals surface area contributed by atoms with E-state index < -0.39 is 0 Å². The first-order valence-electron chi connectivity index (χ1n) is 4.98. The summed E-state index contributed by atoms with van der Waals surface area (Å²) < 4.78 is 0. The normalized spacial score (nSPS) is 15.3. The van der Waals surface area contributed by atoms with Crippen LogP contribution >= 0.6 is 0 Å². The Morgan fingerprint density at radius 2 is 1.85 bits per heavy atom. The zero-order chi connectivity index (χ0) is 9.73. The Hall–Kier alpha value is -0.920. The molecular weight excluding hydrogens is 160 g/mol. The number of nitrogens with zero attached hydrogens (tertiary/aromatic N) is 2. The van der Waals surface area contributed by atoms with Gasteiger partial charge in [0.05, 0.1) is 0 Å². The van der Waals surface area contributed by atoms with Crippen LogP contribution in [0.15, 0.2) is 18.7 Å². The van der Waals surface area contributed by atoms with Crippen molar-refractivity contribution in [3.63, 3.8) is 0 Å². The van der Waals surface area contributed by atoms with Gasteiger partial charge in [-0.05, 0) is 23.8 Å². The molecule has 1 aromatic heterocycles. The number of hydrogen-bond acceptors (Lipinski definition) is 2. The summed E-state index contributed by atoms with van der Waals surface area (Å²) in [5, 5.41) is 0. The second kappa shape index (κ2) is 4.35. The second-order valence-electron chi connectivity index (χ2n) is 3.79. The van der Waals surface area contributed by atoms with E-state index in [0.29, 0.717) is 0 Å². The van der Waals surface area contributed by atoms with Gasteiger partial charge in [0.25, 0.3) is 0 Å². The Bertz CT molecular complexity index is 246. The lowest BCUT2D eigenvalue weighted by Crippen LogP contribution is -2.20. The van der Waals surface area contributed by atoms with Gasteiger partial charge in [0.2, 0.25) is 0 Å². The fraction of sp³-hybridized carbons (Fsp3) is 0.636. The lowest BCUT2D eigenvalue weighted by molar-refractivity contribution is 0.411. The molecule has 2 heteroatoms. The van der Waals surface area contributed by atoms with Gasteiger partial charge in [-0.3, -0.25) is 0 Å². The van der Waals surface area contributed by atoms with Crippen molar-refractivity contribution in [3.8, 4) is 0 Å². The highest BCUT2D eigenvalue weighted by molar-refractivity contribution is 5.16. The maximum Gasteiger partial charge on any atom is 0.115 e. The molecule has 0 fully saturated rings.